The highest BCUT2D eigenvalue weighted by Crippen LogP contribution is 2.49. The summed E-state index contributed by atoms with van der Waals surface area (Å²) in [5, 5.41) is 0. The SMILES string of the molecule is CC(C)(C)CC=O.CC1(OC=O)CCCCC1.COC1CC2CC(C)C1C2. The van der Waals surface area contributed by atoms with Gasteiger partial charge < -0.3 is 14.3 Å². The van der Waals surface area contributed by atoms with Gasteiger partial charge in [-0.1, -0.05) is 34.1 Å². The summed E-state index contributed by atoms with van der Waals surface area (Å²) in [5.41, 5.74) is 0.0434. The van der Waals surface area contributed by atoms with Crippen LogP contribution in [0.15, 0.2) is 0 Å². The molecular formula is C23H42O4. The van der Waals surface area contributed by atoms with E-state index in [1.165, 1.54) is 38.5 Å². The van der Waals surface area contributed by atoms with Crippen molar-refractivity contribution in [2.75, 3.05) is 7.11 Å². The van der Waals surface area contributed by atoms with Crippen molar-refractivity contribution >= 4 is 12.8 Å². The average Bonchev–Trinajstić information content (AvgIpc) is 3.14. The van der Waals surface area contributed by atoms with Gasteiger partial charge in [0, 0.05) is 13.5 Å². The van der Waals surface area contributed by atoms with Crippen LogP contribution in [0, 0.1) is 23.2 Å². The Bertz CT molecular complexity index is 432. The second-order valence-electron chi connectivity index (χ2n) is 10.1. The van der Waals surface area contributed by atoms with Crippen molar-refractivity contribution < 1.29 is 19.1 Å². The molecule has 2 bridgehead atoms. The van der Waals surface area contributed by atoms with Crippen molar-refractivity contribution in [3.05, 3.63) is 0 Å². The van der Waals surface area contributed by atoms with Gasteiger partial charge in [0.05, 0.1) is 6.10 Å². The second-order valence-corrected chi connectivity index (χ2v) is 10.1. The highest BCUT2D eigenvalue weighted by molar-refractivity contribution is 5.50. The molecule has 4 nitrogen and oxygen atoms in total. The van der Waals surface area contributed by atoms with E-state index in [2.05, 4.69) is 6.92 Å². The van der Waals surface area contributed by atoms with E-state index in [0.29, 0.717) is 19.0 Å². The van der Waals surface area contributed by atoms with Crippen molar-refractivity contribution in [1.82, 2.24) is 0 Å². The molecule has 0 heterocycles. The fourth-order valence-electron chi connectivity index (χ4n) is 4.68. The third-order valence-electron chi connectivity index (χ3n) is 6.33. The Morgan fingerprint density at radius 1 is 1.04 bits per heavy atom. The predicted octanol–water partition coefficient (Wildman–Crippen LogP) is 5.57. The fraction of sp³-hybridized carbons (Fsp3) is 0.913. The third kappa shape index (κ3) is 8.76. The van der Waals surface area contributed by atoms with Crippen LogP contribution in [0.5, 0.6) is 0 Å². The molecule has 27 heavy (non-hydrogen) atoms. The summed E-state index contributed by atoms with van der Waals surface area (Å²) in [4.78, 5) is 19.9. The molecule has 3 fully saturated rings. The van der Waals surface area contributed by atoms with Crippen LogP contribution in [0.3, 0.4) is 0 Å². The average molecular weight is 383 g/mol. The predicted molar refractivity (Wildman–Crippen MR) is 110 cm³/mol. The molecule has 4 unspecified atom stereocenters. The van der Waals surface area contributed by atoms with Crippen LogP contribution < -0.4 is 0 Å². The number of hydrogen-bond donors (Lipinski definition) is 0. The molecule has 0 N–H and O–H groups in total. The summed E-state index contributed by atoms with van der Waals surface area (Å²) in [6.45, 7) is 11.1. The van der Waals surface area contributed by atoms with Gasteiger partial charge in [0.25, 0.3) is 6.47 Å². The summed E-state index contributed by atoms with van der Waals surface area (Å²) < 4.78 is 10.4. The van der Waals surface area contributed by atoms with Crippen molar-refractivity contribution in [2.24, 2.45) is 23.2 Å². The number of aldehydes is 1. The van der Waals surface area contributed by atoms with Crippen LogP contribution in [-0.4, -0.2) is 31.6 Å². The lowest BCUT2D eigenvalue weighted by Crippen LogP contribution is -2.30. The molecule has 4 atom stereocenters. The summed E-state index contributed by atoms with van der Waals surface area (Å²) in [6.07, 6.45) is 12.2. The van der Waals surface area contributed by atoms with Crippen molar-refractivity contribution in [3.8, 4) is 0 Å². The summed E-state index contributed by atoms with van der Waals surface area (Å²) >= 11 is 0. The van der Waals surface area contributed by atoms with Gasteiger partial charge in [-0.25, -0.2) is 0 Å². The smallest absolute Gasteiger partial charge is 0.293 e. The normalized spacial score (nSPS) is 31.0. The first-order valence-electron chi connectivity index (χ1n) is 10.7. The Morgan fingerprint density at radius 3 is 2.00 bits per heavy atom. The maximum atomic E-state index is 10.1. The number of fused-ring (bicyclic) bond motifs is 2. The van der Waals surface area contributed by atoms with Crippen LogP contribution in [0.4, 0.5) is 0 Å². The molecule has 0 saturated heterocycles. The zero-order valence-corrected chi connectivity index (χ0v) is 18.5. The molecular weight excluding hydrogens is 340 g/mol. The Labute approximate surface area is 166 Å². The molecule has 0 aromatic rings. The van der Waals surface area contributed by atoms with E-state index in [1.807, 2.05) is 34.8 Å². The highest BCUT2D eigenvalue weighted by atomic mass is 16.5. The van der Waals surface area contributed by atoms with E-state index < -0.39 is 0 Å². The van der Waals surface area contributed by atoms with Gasteiger partial charge in [-0.2, -0.15) is 0 Å². The summed E-state index contributed by atoms with van der Waals surface area (Å²) in [6, 6.07) is 0. The lowest BCUT2D eigenvalue weighted by atomic mass is 9.86. The largest absolute Gasteiger partial charge is 0.462 e. The molecule has 3 saturated carbocycles. The molecule has 0 aliphatic heterocycles. The molecule has 3 aliphatic carbocycles. The summed E-state index contributed by atoms with van der Waals surface area (Å²) in [5.74, 6) is 2.84. The molecule has 0 spiro atoms. The van der Waals surface area contributed by atoms with E-state index in [9.17, 15) is 9.59 Å². The first-order chi connectivity index (χ1) is 12.6. The molecule has 158 valence electrons. The first kappa shape index (κ1) is 24.1. The van der Waals surface area contributed by atoms with Crippen LogP contribution in [0.2, 0.25) is 0 Å². The minimum atomic E-state index is -0.139. The van der Waals surface area contributed by atoms with E-state index in [0.717, 1.165) is 36.9 Å². The Kier molecular flexibility index (Phi) is 10.0. The molecule has 0 amide bonds. The van der Waals surface area contributed by atoms with Crippen LogP contribution >= 0.6 is 0 Å². The van der Waals surface area contributed by atoms with E-state index >= 15 is 0 Å². The molecule has 0 aromatic heterocycles. The van der Waals surface area contributed by atoms with E-state index in [4.69, 9.17) is 9.47 Å². The zero-order valence-electron chi connectivity index (χ0n) is 18.5. The number of hydrogen-bond acceptors (Lipinski definition) is 4. The number of carbonyl (C=O) groups excluding carboxylic acids is 2. The van der Waals surface area contributed by atoms with E-state index in [1.54, 1.807) is 0 Å². The molecule has 0 radical (unpaired) electrons. The van der Waals surface area contributed by atoms with Gasteiger partial charge >= 0.3 is 0 Å². The lowest BCUT2D eigenvalue weighted by Gasteiger charge is -2.31. The van der Waals surface area contributed by atoms with Crippen molar-refractivity contribution in [1.29, 1.82) is 0 Å². The fourth-order valence-corrected chi connectivity index (χ4v) is 4.68. The zero-order chi connectivity index (χ0) is 20.5. The Balaban J connectivity index is 0.000000207. The number of carbonyl (C=O) groups is 2. The monoisotopic (exact) mass is 382 g/mol. The maximum Gasteiger partial charge on any atom is 0.293 e. The first-order valence-corrected chi connectivity index (χ1v) is 10.7. The van der Waals surface area contributed by atoms with Gasteiger partial charge in [0.1, 0.15) is 11.9 Å². The van der Waals surface area contributed by atoms with E-state index in [-0.39, 0.29) is 11.0 Å². The van der Waals surface area contributed by atoms with Gasteiger partial charge in [0.2, 0.25) is 0 Å². The Morgan fingerprint density at radius 2 is 1.67 bits per heavy atom. The minimum Gasteiger partial charge on any atom is -0.462 e. The quantitative estimate of drug-likeness (QED) is 0.596. The maximum absolute atomic E-state index is 10.1. The Hall–Kier alpha value is -0.900. The van der Waals surface area contributed by atoms with Crippen LogP contribution in [0.25, 0.3) is 0 Å². The molecule has 3 aliphatic rings. The van der Waals surface area contributed by atoms with Gasteiger partial charge in [-0.05, 0) is 75.0 Å². The van der Waals surface area contributed by atoms with Crippen molar-refractivity contribution in [3.63, 3.8) is 0 Å². The number of ether oxygens (including phenoxy) is 2. The third-order valence-corrected chi connectivity index (χ3v) is 6.33. The number of methoxy groups -OCH3 is 1. The minimum absolute atomic E-state index is 0.139. The van der Waals surface area contributed by atoms with Gasteiger partial charge in [-0.15, -0.1) is 0 Å². The molecule has 3 rings (SSSR count). The highest BCUT2D eigenvalue weighted by Gasteiger charge is 2.44. The topological polar surface area (TPSA) is 52.6 Å². The van der Waals surface area contributed by atoms with Crippen LogP contribution in [-0.2, 0) is 19.1 Å². The van der Waals surface area contributed by atoms with Gasteiger partial charge in [0.15, 0.2) is 0 Å². The lowest BCUT2D eigenvalue weighted by molar-refractivity contribution is -0.144. The summed E-state index contributed by atoms with van der Waals surface area (Å²) in [7, 11) is 1.86. The molecule has 0 aromatic carbocycles. The number of rotatable bonds is 4. The standard InChI is InChI=1S/C9H16O.C8H14O2.C6H12O/c1-6-3-7-4-8(6)9(5-7)10-2;1-8(10-7-9)5-3-2-4-6-8;1-6(2,3)4-5-7/h6-9H,3-5H2,1-2H3;7H,2-6H2,1H3;5H,4H2,1-3H3. The van der Waals surface area contributed by atoms with Crippen molar-refractivity contribution in [2.45, 2.75) is 104 Å². The second kappa shape index (κ2) is 11.2. The molecule has 4 heteroatoms. The van der Waals surface area contributed by atoms with Gasteiger partial charge in [-0.3, -0.25) is 4.79 Å². The van der Waals surface area contributed by atoms with Crippen LogP contribution in [0.1, 0.15) is 92.4 Å².